The Labute approximate surface area is 302 Å². The summed E-state index contributed by atoms with van der Waals surface area (Å²) in [4.78, 5) is 2.41. The van der Waals surface area contributed by atoms with Gasteiger partial charge in [-0.2, -0.15) is 0 Å². The minimum absolute atomic E-state index is 1.11. The summed E-state index contributed by atoms with van der Waals surface area (Å²) in [6, 6.07) is 70.9. The second kappa shape index (κ2) is 11.3. The summed E-state index contributed by atoms with van der Waals surface area (Å²) in [5.41, 5.74) is 14.5. The largest absolute Gasteiger partial charge is 0.310 e. The van der Waals surface area contributed by atoms with Crippen LogP contribution in [0.4, 0.5) is 17.1 Å². The smallest absolute Gasteiger partial charge is 0.0562 e. The van der Waals surface area contributed by atoms with Gasteiger partial charge in [0.05, 0.1) is 16.7 Å². The molecule has 1 aromatic heterocycles. The molecule has 9 aromatic carbocycles. The quantitative estimate of drug-likeness (QED) is 0.167. The Morgan fingerprint density at radius 1 is 0.346 bits per heavy atom. The molecule has 2 nitrogen and oxygen atoms in total. The minimum atomic E-state index is 1.11. The van der Waals surface area contributed by atoms with Gasteiger partial charge in [-0.05, 0) is 104 Å². The van der Waals surface area contributed by atoms with Crippen molar-refractivity contribution in [2.24, 2.45) is 0 Å². The van der Waals surface area contributed by atoms with Crippen LogP contribution in [0.2, 0.25) is 0 Å². The Balaban J connectivity index is 1.15. The van der Waals surface area contributed by atoms with Gasteiger partial charge in [0.25, 0.3) is 0 Å². The summed E-state index contributed by atoms with van der Waals surface area (Å²) in [6.07, 6.45) is 0. The van der Waals surface area contributed by atoms with Crippen LogP contribution >= 0.6 is 0 Å². The van der Waals surface area contributed by atoms with Gasteiger partial charge in [0, 0.05) is 33.4 Å². The molecular weight excluding hydrogens is 629 g/mol. The van der Waals surface area contributed by atoms with E-state index >= 15 is 0 Å². The molecule has 0 radical (unpaired) electrons. The number of benzene rings is 9. The lowest BCUT2D eigenvalue weighted by atomic mass is 9.96. The molecule has 0 bridgehead atoms. The van der Waals surface area contributed by atoms with Crippen molar-refractivity contribution in [3.63, 3.8) is 0 Å². The van der Waals surface area contributed by atoms with E-state index in [-0.39, 0.29) is 0 Å². The average Bonchev–Trinajstić information content (AvgIpc) is 3.72. The second-order valence-electron chi connectivity index (χ2n) is 13.7. The predicted octanol–water partition coefficient (Wildman–Crippen LogP) is 13.9. The van der Waals surface area contributed by atoms with Crippen molar-refractivity contribution in [3.05, 3.63) is 194 Å². The third-order valence-corrected chi connectivity index (χ3v) is 10.9. The number of fused-ring (bicyclic) bond motifs is 8. The third-order valence-electron chi connectivity index (χ3n) is 10.9. The maximum atomic E-state index is 2.45. The highest BCUT2D eigenvalue weighted by Gasteiger charge is 2.26. The minimum Gasteiger partial charge on any atom is -0.310 e. The molecule has 52 heavy (non-hydrogen) atoms. The topological polar surface area (TPSA) is 8.17 Å². The van der Waals surface area contributed by atoms with E-state index in [0.717, 1.165) is 17.1 Å². The maximum Gasteiger partial charge on any atom is 0.0562 e. The first-order valence-electron chi connectivity index (χ1n) is 17.9. The van der Waals surface area contributed by atoms with E-state index in [4.69, 9.17) is 0 Å². The molecule has 0 atom stereocenters. The number of para-hydroxylation sites is 3. The Hall–Kier alpha value is -6.90. The fourth-order valence-corrected chi connectivity index (χ4v) is 8.65. The summed E-state index contributed by atoms with van der Waals surface area (Å²) in [5, 5.41) is 7.71. The van der Waals surface area contributed by atoms with E-state index < -0.39 is 0 Å². The van der Waals surface area contributed by atoms with Crippen molar-refractivity contribution in [2.45, 2.75) is 0 Å². The van der Waals surface area contributed by atoms with E-state index in [1.807, 2.05) is 0 Å². The fraction of sp³-hybridized carbons (Fsp3) is 0. The molecule has 0 unspecified atom stereocenters. The number of hydrogen-bond acceptors (Lipinski definition) is 1. The standard InChI is InChI=1S/C50H32N2/c1-3-14-33(15-4-1)39-20-9-11-24-46(39)52-47-25-12-10-22-41(47)42-28-26-38(32-48(42)52)51(36-18-5-2-6-19-36)37-27-29-44-45(31-37)43-23-13-17-35-30-34-16-7-8-21-40(34)50(44)49(35)43/h1-32H. The molecule has 11 rings (SSSR count). The van der Waals surface area contributed by atoms with E-state index in [1.165, 1.54) is 82.4 Å². The summed E-state index contributed by atoms with van der Waals surface area (Å²) < 4.78 is 2.45. The molecular formula is C50H32N2. The summed E-state index contributed by atoms with van der Waals surface area (Å²) in [6.45, 7) is 0. The van der Waals surface area contributed by atoms with E-state index in [2.05, 4.69) is 204 Å². The first kappa shape index (κ1) is 28.9. The fourth-order valence-electron chi connectivity index (χ4n) is 8.65. The van der Waals surface area contributed by atoms with Gasteiger partial charge in [-0.1, -0.05) is 140 Å². The number of hydrogen-bond donors (Lipinski definition) is 0. The average molecular weight is 661 g/mol. The highest BCUT2D eigenvalue weighted by Crippen LogP contribution is 2.52. The van der Waals surface area contributed by atoms with Crippen molar-refractivity contribution >= 4 is 60.4 Å². The zero-order valence-corrected chi connectivity index (χ0v) is 28.4. The van der Waals surface area contributed by atoms with Gasteiger partial charge in [-0.25, -0.2) is 0 Å². The van der Waals surface area contributed by atoms with Crippen LogP contribution in [0, 0.1) is 0 Å². The molecule has 0 spiro atoms. The zero-order chi connectivity index (χ0) is 34.2. The molecule has 0 aliphatic heterocycles. The van der Waals surface area contributed by atoms with Crippen molar-refractivity contribution in [2.75, 3.05) is 4.90 Å². The zero-order valence-electron chi connectivity index (χ0n) is 28.4. The van der Waals surface area contributed by atoms with Crippen LogP contribution in [0.3, 0.4) is 0 Å². The molecule has 1 aliphatic rings. The summed E-state index contributed by atoms with van der Waals surface area (Å²) in [5.74, 6) is 0. The van der Waals surface area contributed by atoms with Crippen LogP contribution in [0.15, 0.2) is 194 Å². The lowest BCUT2D eigenvalue weighted by molar-refractivity contribution is 1.18. The SMILES string of the molecule is c1ccc(-c2ccccc2-n2c3ccccc3c3ccc(N(c4ccccc4)c4ccc5c(c4)-c4cccc6cc7ccccc7c-5c46)cc32)cc1. The van der Waals surface area contributed by atoms with Crippen molar-refractivity contribution in [1.29, 1.82) is 0 Å². The van der Waals surface area contributed by atoms with Crippen LogP contribution in [-0.2, 0) is 0 Å². The van der Waals surface area contributed by atoms with Gasteiger partial charge in [-0.15, -0.1) is 0 Å². The maximum absolute atomic E-state index is 2.45. The van der Waals surface area contributed by atoms with E-state index in [0.29, 0.717) is 0 Å². The molecule has 242 valence electrons. The molecule has 1 aliphatic carbocycles. The lowest BCUT2D eigenvalue weighted by Crippen LogP contribution is -2.10. The predicted molar refractivity (Wildman–Crippen MR) is 220 cm³/mol. The van der Waals surface area contributed by atoms with Crippen LogP contribution in [0.5, 0.6) is 0 Å². The Bertz CT molecular complexity index is 3010. The van der Waals surface area contributed by atoms with Crippen molar-refractivity contribution < 1.29 is 0 Å². The van der Waals surface area contributed by atoms with Gasteiger partial charge in [-0.3, -0.25) is 0 Å². The molecule has 10 aromatic rings. The summed E-state index contributed by atoms with van der Waals surface area (Å²) >= 11 is 0. The van der Waals surface area contributed by atoms with Crippen LogP contribution in [0.1, 0.15) is 0 Å². The molecule has 0 saturated heterocycles. The molecule has 1 heterocycles. The number of rotatable bonds is 5. The van der Waals surface area contributed by atoms with Crippen molar-refractivity contribution in [1.82, 2.24) is 4.57 Å². The van der Waals surface area contributed by atoms with Gasteiger partial charge >= 0.3 is 0 Å². The Morgan fingerprint density at radius 3 is 1.88 bits per heavy atom. The van der Waals surface area contributed by atoms with Gasteiger partial charge < -0.3 is 9.47 Å². The number of anilines is 3. The van der Waals surface area contributed by atoms with E-state index in [9.17, 15) is 0 Å². The van der Waals surface area contributed by atoms with Crippen LogP contribution in [-0.4, -0.2) is 4.57 Å². The van der Waals surface area contributed by atoms with Gasteiger partial charge in [0.1, 0.15) is 0 Å². The monoisotopic (exact) mass is 660 g/mol. The Morgan fingerprint density at radius 2 is 1.00 bits per heavy atom. The lowest BCUT2D eigenvalue weighted by Gasteiger charge is -2.26. The van der Waals surface area contributed by atoms with Crippen LogP contribution in [0.25, 0.3) is 82.4 Å². The first-order valence-corrected chi connectivity index (χ1v) is 17.9. The highest BCUT2D eigenvalue weighted by atomic mass is 15.1. The van der Waals surface area contributed by atoms with Crippen LogP contribution < -0.4 is 4.90 Å². The first-order chi connectivity index (χ1) is 25.8. The third kappa shape index (κ3) is 4.25. The molecule has 2 heteroatoms. The summed E-state index contributed by atoms with van der Waals surface area (Å²) in [7, 11) is 0. The van der Waals surface area contributed by atoms with Crippen molar-refractivity contribution in [3.8, 4) is 39.1 Å². The molecule has 0 N–H and O–H groups in total. The normalized spacial score (nSPS) is 11.8. The Kier molecular flexibility index (Phi) is 6.28. The van der Waals surface area contributed by atoms with Gasteiger partial charge in [0.2, 0.25) is 0 Å². The number of nitrogens with zero attached hydrogens (tertiary/aromatic N) is 2. The van der Waals surface area contributed by atoms with Gasteiger partial charge in [0.15, 0.2) is 0 Å². The molecule has 0 saturated carbocycles. The molecule has 0 amide bonds. The van der Waals surface area contributed by atoms with E-state index in [1.54, 1.807) is 0 Å². The second-order valence-corrected chi connectivity index (χ2v) is 13.7. The highest BCUT2D eigenvalue weighted by molar-refractivity contribution is 6.24. The number of aromatic nitrogens is 1. The molecule has 0 fully saturated rings.